The topological polar surface area (TPSA) is 86.2 Å². The highest BCUT2D eigenvalue weighted by Crippen LogP contribution is 2.16. The van der Waals surface area contributed by atoms with Crippen LogP contribution in [-0.2, 0) is 6.42 Å². The molecule has 0 fully saturated rings. The summed E-state index contributed by atoms with van der Waals surface area (Å²) in [6.07, 6.45) is 6.48. The highest BCUT2D eigenvalue weighted by molar-refractivity contribution is 5.97. The Morgan fingerprint density at radius 1 is 1.00 bits per heavy atom. The largest absolute Gasteiger partial charge is 0.366 e. The lowest BCUT2D eigenvalue weighted by Gasteiger charge is -2.08. The van der Waals surface area contributed by atoms with Crippen molar-refractivity contribution in [3.8, 4) is 0 Å². The smallest absolute Gasteiger partial charge is 0.248 e. The molecule has 104 valence electrons. The molecule has 0 unspecified atom stereocenters. The standard InChI is InChI=1S/C15H22N2O2/c1-2-3-4-5-6-7-11-10-12(14(16)18)8-9-13(11)15(17)19/h8-10H,2-7H2,1H3,(H2,16,18)(H2,17,19). The fourth-order valence-corrected chi connectivity index (χ4v) is 2.11. The summed E-state index contributed by atoms with van der Waals surface area (Å²) in [6, 6.07) is 4.81. The number of carbonyl (C=O) groups is 2. The van der Waals surface area contributed by atoms with Gasteiger partial charge in [-0.25, -0.2) is 0 Å². The minimum atomic E-state index is -0.483. The van der Waals surface area contributed by atoms with Crippen LogP contribution in [0.15, 0.2) is 18.2 Å². The van der Waals surface area contributed by atoms with Crippen LogP contribution < -0.4 is 11.5 Å². The summed E-state index contributed by atoms with van der Waals surface area (Å²) < 4.78 is 0. The molecule has 0 radical (unpaired) electrons. The van der Waals surface area contributed by atoms with Crippen LogP contribution in [0.5, 0.6) is 0 Å². The van der Waals surface area contributed by atoms with Crippen LogP contribution in [-0.4, -0.2) is 11.8 Å². The Labute approximate surface area is 114 Å². The van der Waals surface area contributed by atoms with Crippen molar-refractivity contribution in [2.75, 3.05) is 0 Å². The highest BCUT2D eigenvalue weighted by atomic mass is 16.1. The van der Waals surface area contributed by atoms with E-state index in [1.807, 2.05) is 0 Å². The van der Waals surface area contributed by atoms with Crippen molar-refractivity contribution >= 4 is 11.8 Å². The van der Waals surface area contributed by atoms with Crippen molar-refractivity contribution in [3.05, 3.63) is 34.9 Å². The van der Waals surface area contributed by atoms with Gasteiger partial charge in [0.25, 0.3) is 0 Å². The first kappa shape index (κ1) is 15.2. The minimum Gasteiger partial charge on any atom is -0.366 e. The fraction of sp³-hybridized carbons (Fsp3) is 0.467. The van der Waals surface area contributed by atoms with E-state index in [0.717, 1.165) is 24.8 Å². The highest BCUT2D eigenvalue weighted by Gasteiger charge is 2.10. The SMILES string of the molecule is CCCCCCCc1cc(C(N)=O)ccc1C(N)=O. The lowest BCUT2D eigenvalue weighted by atomic mass is 9.97. The van der Waals surface area contributed by atoms with Gasteiger partial charge in [-0.15, -0.1) is 0 Å². The van der Waals surface area contributed by atoms with E-state index in [-0.39, 0.29) is 0 Å². The second-order valence-corrected chi connectivity index (χ2v) is 4.76. The molecule has 0 aromatic heterocycles. The number of aryl methyl sites for hydroxylation is 1. The quantitative estimate of drug-likeness (QED) is 0.705. The predicted molar refractivity (Wildman–Crippen MR) is 75.9 cm³/mol. The van der Waals surface area contributed by atoms with Crippen molar-refractivity contribution in [2.45, 2.75) is 45.4 Å². The Morgan fingerprint density at radius 3 is 2.26 bits per heavy atom. The van der Waals surface area contributed by atoms with Gasteiger partial charge < -0.3 is 11.5 Å². The summed E-state index contributed by atoms with van der Waals surface area (Å²) >= 11 is 0. The number of hydrogen-bond donors (Lipinski definition) is 2. The molecule has 0 spiro atoms. The van der Waals surface area contributed by atoms with Crippen LogP contribution in [0.3, 0.4) is 0 Å². The maximum absolute atomic E-state index is 11.3. The molecule has 1 aromatic carbocycles. The van der Waals surface area contributed by atoms with E-state index in [1.165, 1.54) is 19.3 Å². The molecule has 1 aromatic rings. The maximum atomic E-state index is 11.3. The van der Waals surface area contributed by atoms with Crippen LogP contribution in [0.25, 0.3) is 0 Å². The summed E-state index contributed by atoms with van der Waals surface area (Å²) in [5, 5.41) is 0. The van der Waals surface area contributed by atoms with Gasteiger partial charge in [0.1, 0.15) is 0 Å². The molecule has 4 heteroatoms. The first-order chi connectivity index (χ1) is 9.06. The van der Waals surface area contributed by atoms with Gasteiger partial charge in [0.05, 0.1) is 0 Å². The minimum absolute atomic E-state index is 0.425. The average molecular weight is 262 g/mol. The number of primary amides is 2. The Hall–Kier alpha value is -1.84. The van der Waals surface area contributed by atoms with Gasteiger partial charge in [0.15, 0.2) is 0 Å². The van der Waals surface area contributed by atoms with Gasteiger partial charge >= 0.3 is 0 Å². The lowest BCUT2D eigenvalue weighted by molar-refractivity contribution is 0.0987. The van der Waals surface area contributed by atoms with Crippen molar-refractivity contribution in [1.82, 2.24) is 0 Å². The molecule has 4 N–H and O–H groups in total. The van der Waals surface area contributed by atoms with E-state index in [1.54, 1.807) is 18.2 Å². The molecule has 0 aliphatic heterocycles. The van der Waals surface area contributed by atoms with Crippen molar-refractivity contribution in [3.63, 3.8) is 0 Å². The van der Waals surface area contributed by atoms with E-state index in [2.05, 4.69) is 6.92 Å². The molecule has 0 heterocycles. The Balaban J connectivity index is 2.74. The van der Waals surface area contributed by atoms with E-state index in [9.17, 15) is 9.59 Å². The van der Waals surface area contributed by atoms with E-state index in [0.29, 0.717) is 11.1 Å². The molecule has 0 aliphatic rings. The second kappa shape index (κ2) is 7.56. The molecular formula is C15H22N2O2. The van der Waals surface area contributed by atoms with Crippen LogP contribution in [0.2, 0.25) is 0 Å². The Kier molecular flexibility index (Phi) is 6.06. The number of rotatable bonds is 8. The van der Waals surface area contributed by atoms with Crippen molar-refractivity contribution < 1.29 is 9.59 Å². The zero-order valence-corrected chi connectivity index (χ0v) is 11.4. The maximum Gasteiger partial charge on any atom is 0.248 e. The molecule has 4 nitrogen and oxygen atoms in total. The molecular weight excluding hydrogens is 240 g/mol. The van der Waals surface area contributed by atoms with Gasteiger partial charge in [-0.2, -0.15) is 0 Å². The summed E-state index contributed by atoms with van der Waals surface area (Å²) in [5.41, 5.74) is 12.3. The van der Waals surface area contributed by atoms with Crippen LogP contribution in [0.1, 0.15) is 65.3 Å². The summed E-state index contributed by atoms with van der Waals surface area (Å²) in [6.45, 7) is 2.17. The molecule has 1 rings (SSSR count). The average Bonchev–Trinajstić information content (AvgIpc) is 2.38. The van der Waals surface area contributed by atoms with Crippen LogP contribution >= 0.6 is 0 Å². The zero-order chi connectivity index (χ0) is 14.3. The van der Waals surface area contributed by atoms with Gasteiger partial charge in [-0.3, -0.25) is 9.59 Å². The monoisotopic (exact) mass is 262 g/mol. The third-order valence-electron chi connectivity index (χ3n) is 3.20. The number of amides is 2. The summed E-state index contributed by atoms with van der Waals surface area (Å²) in [5.74, 6) is -0.942. The van der Waals surface area contributed by atoms with Crippen LogP contribution in [0, 0.1) is 0 Å². The van der Waals surface area contributed by atoms with E-state index >= 15 is 0 Å². The molecule has 2 amide bonds. The van der Waals surface area contributed by atoms with E-state index < -0.39 is 11.8 Å². The van der Waals surface area contributed by atoms with Crippen LogP contribution in [0.4, 0.5) is 0 Å². The molecule has 0 saturated heterocycles. The first-order valence-corrected chi connectivity index (χ1v) is 6.78. The normalized spacial score (nSPS) is 10.4. The number of unbranched alkanes of at least 4 members (excludes halogenated alkanes) is 4. The third kappa shape index (κ3) is 4.73. The Bertz CT molecular complexity index is 455. The van der Waals surface area contributed by atoms with Gasteiger partial charge in [-0.1, -0.05) is 32.6 Å². The Morgan fingerprint density at radius 2 is 1.68 bits per heavy atom. The predicted octanol–water partition coefficient (Wildman–Crippen LogP) is 2.40. The second-order valence-electron chi connectivity index (χ2n) is 4.76. The number of carbonyl (C=O) groups excluding carboxylic acids is 2. The first-order valence-electron chi connectivity index (χ1n) is 6.78. The van der Waals surface area contributed by atoms with Crippen molar-refractivity contribution in [1.29, 1.82) is 0 Å². The summed E-state index contributed by atoms with van der Waals surface area (Å²) in [4.78, 5) is 22.5. The number of nitrogens with two attached hydrogens (primary N) is 2. The molecule has 0 aliphatic carbocycles. The lowest BCUT2D eigenvalue weighted by Crippen LogP contribution is -2.16. The summed E-state index contributed by atoms with van der Waals surface area (Å²) in [7, 11) is 0. The molecule has 0 saturated carbocycles. The fourth-order valence-electron chi connectivity index (χ4n) is 2.11. The van der Waals surface area contributed by atoms with Gasteiger partial charge in [0.2, 0.25) is 11.8 Å². The molecule has 0 bridgehead atoms. The van der Waals surface area contributed by atoms with Gasteiger partial charge in [0, 0.05) is 11.1 Å². The zero-order valence-electron chi connectivity index (χ0n) is 11.4. The van der Waals surface area contributed by atoms with E-state index in [4.69, 9.17) is 11.5 Å². The number of benzene rings is 1. The van der Waals surface area contributed by atoms with Crippen molar-refractivity contribution in [2.24, 2.45) is 11.5 Å². The van der Waals surface area contributed by atoms with Gasteiger partial charge in [-0.05, 0) is 36.6 Å². The molecule has 0 atom stereocenters. The third-order valence-corrected chi connectivity index (χ3v) is 3.20. The number of hydrogen-bond acceptors (Lipinski definition) is 2. The molecule has 19 heavy (non-hydrogen) atoms.